The van der Waals surface area contributed by atoms with Gasteiger partial charge in [-0.05, 0) is 31.5 Å². The van der Waals surface area contributed by atoms with Crippen LogP contribution in [0.5, 0.6) is 0 Å². The van der Waals surface area contributed by atoms with Gasteiger partial charge in [0.2, 0.25) is 5.43 Å². The predicted molar refractivity (Wildman–Crippen MR) is 114 cm³/mol. The molecule has 3 rings (SSSR count). The number of pyridine rings is 2. The van der Waals surface area contributed by atoms with Gasteiger partial charge in [-0.25, -0.2) is 14.6 Å². The summed E-state index contributed by atoms with van der Waals surface area (Å²) in [6.45, 7) is 3.68. The molecule has 2 heterocycles. The number of aryl methyl sites for hydroxylation is 2. The SMILES string of the molecule is CCn1cc(C(=O)OCC(=O)NC(=O)NCc2ccccc2)c(=O)c2ccc(C)nc21. The number of aromatic nitrogens is 2. The Morgan fingerprint density at radius 2 is 1.84 bits per heavy atom. The fraction of sp³-hybridized carbons (Fsp3) is 0.227. The Kier molecular flexibility index (Phi) is 6.76. The van der Waals surface area contributed by atoms with Crippen LogP contribution in [0.4, 0.5) is 4.79 Å². The lowest BCUT2D eigenvalue weighted by Gasteiger charge is -2.11. The number of rotatable bonds is 6. The van der Waals surface area contributed by atoms with E-state index in [9.17, 15) is 19.2 Å². The first-order chi connectivity index (χ1) is 14.9. The number of hydrogen-bond acceptors (Lipinski definition) is 6. The largest absolute Gasteiger partial charge is 0.452 e. The molecular formula is C22H22N4O5. The van der Waals surface area contributed by atoms with Gasteiger partial charge in [0.25, 0.3) is 5.91 Å². The molecule has 0 fully saturated rings. The molecule has 3 aromatic rings. The number of nitrogens with zero attached hydrogens (tertiary/aromatic N) is 2. The highest BCUT2D eigenvalue weighted by Crippen LogP contribution is 2.11. The highest BCUT2D eigenvalue weighted by atomic mass is 16.5. The number of imide groups is 1. The van der Waals surface area contributed by atoms with Crippen molar-refractivity contribution in [2.45, 2.75) is 26.9 Å². The Morgan fingerprint density at radius 1 is 1.10 bits per heavy atom. The summed E-state index contributed by atoms with van der Waals surface area (Å²) in [6.07, 6.45) is 1.36. The minimum absolute atomic E-state index is 0.207. The van der Waals surface area contributed by atoms with E-state index in [0.717, 1.165) is 11.3 Å². The summed E-state index contributed by atoms with van der Waals surface area (Å²) < 4.78 is 6.61. The Bertz CT molecular complexity index is 1190. The van der Waals surface area contributed by atoms with Crippen LogP contribution < -0.4 is 16.1 Å². The molecule has 31 heavy (non-hydrogen) atoms. The molecule has 1 aromatic carbocycles. The zero-order valence-electron chi connectivity index (χ0n) is 17.2. The molecule has 0 aliphatic carbocycles. The minimum atomic E-state index is -0.950. The molecule has 0 aliphatic heterocycles. The fourth-order valence-corrected chi connectivity index (χ4v) is 2.94. The van der Waals surface area contributed by atoms with Gasteiger partial charge < -0.3 is 14.6 Å². The standard InChI is InChI=1S/C22H22N4O5/c1-3-26-12-17(19(28)16-10-9-14(2)24-20(16)26)21(29)31-13-18(27)25-22(30)23-11-15-7-5-4-6-8-15/h4-10,12H,3,11,13H2,1-2H3,(H2,23,25,27,30). The van der Waals surface area contributed by atoms with Crippen molar-refractivity contribution in [2.24, 2.45) is 0 Å². The van der Waals surface area contributed by atoms with E-state index in [1.165, 1.54) is 6.20 Å². The van der Waals surface area contributed by atoms with Crippen LogP contribution in [0.3, 0.4) is 0 Å². The molecule has 2 aromatic heterocycles. The van der Waals surface area contributed by atoms with Gasteiger partial charge in [-0.2, -0.15) is 0 Å². The highest BCUT2D eigenvalue weighted by molar-refractivity contribution is 5.97. The van der Waals surface area contributed by atoms with Gasteiger partial charge >= 0.3 is 12.0 Å². The van der Waals surface area contributed by atoms with Gasteiger partial charge in [-0.15, -0.1) is 0 Å². The number of carbonyl (C=O) groups excluding carboxylic acids is 3. The summed E-state index contributed by atoms with van der Waals surface area (Å²) in [4.78, 5) is 53.2. The van der Waals surface area contributed by atoms with Crippen molar-refractivity contribution in [1.82, 2.24) is 20.2 Å². The maximum absolute atomic E-state index is 12.7. The van der Waals surface area contributed by atoms with Gasteiger partial charge in [0.05, 0.1) is 5.39 Å². The zero-order valence-corrected chi connectivity index (χ0v) is 17.2. The third-order valence-electron chi connectivity index (χ3n) is 4.50. The van der Waals surface area contributed by atoms with Crippen molar-refractivity contribution >= 4 is 28.9 Å². The molecule has 3 amide bonds. The molecule has 0 unspecified atom stereocenters. The normalized spacial score (nSPS) is 10.5. The Hall–Kier alpha value is -4.01. The average molecular weight is 422 g/mol. The molecule has 160 valence electrons. The van der Waals surface area contributed by atoms with Crippen molar-refractivity contribution < 1.29 is 19.1 Å². The van der Waals surface area contributed by atoms with E-state index < -0.39 is 29.9 Å². The number of amides is 3. The molecule has 0 bridgehead atoms. The number of urea groups is 1. The van der Waals surface area contributed by atoms with E-state index in [-0.39, 0.29) is 17.5 Å². The predicted octanol–water partition coefficient (Wildman–Crippen LogP) is 1.91. The van der Waals surface area contributed by atoms with Crippen LogP contribution in [0.1, 0.15) is 28.5 Å². The van der Waals surface area contributed by atoms with E-state index in [1.54, 1.807) is 23.6 Å². The summed E-state index contributed by atoms with van der Waals surface area (Å²) in [7, 11) is 0. The number of hydrogen-bond donors (Lipinski definition) is 2. The van der Waals surface area contributed by atoms with E-state index in [4.69, 9.17) is 4.74 Å². The van der Waals surface area contributed by atoms with Crippen LogP contribution in [0, 0.1) is 6.92 Å². The molecule has 9 nitrogen and oxygen atoms in total. The molecule has 2 N–H and O–H groups in total. The average Bonchev–Trinajstić information content (AvgIpc) is 2.77. The number of esters is 1. The molecule has 0 aliphatic rings. The second-order valence-electron chi connectivity index (χ2n) is 6.77. The number of ether oxygens (including phenoxy) is 1. The van der Waals surface area contributed by atoms with Crippen molar-refractivity contribution in [1.29, 1.82) is 0 Å². The van der Waals surface area contributed by atoms with Crippen LogP contribution in [-0.2, 0) is 22.6 Å². The van der Waals surface area contributed by atoms with Gasteiger partial charge in [0, 0.05) is 25.0 Å². The molecule has 0 radical (unpaired) electrons. The van der Waals surface area contributed by atoms with Crippen LogP contribution in [-0.4, -0.2) is 34.1 Å². The first kappa shape index (κ1) is 21.7. The Labute approximate surface area is 178 Å². The van der Waals surface area contributed by atoms with Crippen molar-refractivity contribution in [3.05, 3.63) is 75.7 Å². The van der Waals surface area contributed by atoms with Crippen LogP contribution in [0.15, 0.2) is 53.5 Å². The summed E-state index contributed by atoms with van der Waals surface area (Å²) in [5.41, 5.74) is 1.34. The number of benzene rings is 1. The second-order valence-corrected chi connectivity index (χ2v) is 6.77. The smallest absolute Gasteiger partial charge is 0.344 e. The lowest BCUT2D eigenvalue weighted by atomic mass is 10.2. The lowest BCUT2D eigenvalue weighted by molar-refractivity contribution is -0.123. The van der Waals surface area contributed by atoms with E-state index >= 15 is 0 Å². The Balaban J connectivity index is 1.61. The van der Waals surface area contributed by atoms with E-state index in [0.29, 0.717) is 12.2 Å². The maximum Gasteiger partial charge on any atom is 0.344 e. The van der Waals surface area contributed by atoms with Crippen molar-refractivity contribution in [3.8, 4) is 0 Å². The second kappa shape index (κ2) is 9.66. The quantitative estimate of drug-likeness (QED) is 0.586. The molecular weight excluding hydrogens is 400 g/mol. The highest BCUT2D eigenvalue weighted by Gasteiger charge is 2.19. The molecule has 0 spiro atoms. The topological polar surface area (TPSA) is 119 Å². The monoisotopic (exact) mass is 422 g/mol. The van der Waals surface area contributed by atoms with Gasteiger partial charge in [-0.3, -0.25) is 14.9 Å². The molecule has 0 saturated heterocycles. The fourth-order valence-electron chi connectivity index (χ4n) is 2.94. The molecule has 0 saturated carbocycles. The zero-order chi connectivity index (χ0) is 22.4. The Morgan fingerprint density at radius 3 is 2.55 bits per heavy atom. The van der Waals surface area contributed by atoms with Crippen molar-refractivity contribution in [3.63, 3.8) is 0 Å². The third-order valence-corrected chi connectivity index (χ3v) is 4.50. The van der Waals surface area contributed by atoms with Crippen molar-refractivity contribution in [2.75, 3.05) is 6.61 Å². The molecule has 0 atom stereocenters. The summed E-state index contributed by atoms with van der Waals surface area (Å²) in [5, 5.41) is 4.88. The third kappa shape index (κ3) is 5.33. The summed E-state index contributed by atoms with van der Waals surface area (Å²) >= 11 is 0. The van der Waals surface area contributed by atoms with Crippen LogP contribution in [0.25, 0.3) is 11.0 Å². The van der Waals surface area contributed by atoms with E-state index in [2.05, 4.69) is 15.6 Å². The first-order valence-electron chi connectivity index (χ1n) is 9.68. The molecule has 9 heteroatoms. The van der Waals surface area contributed by atoms with Gasteiger partial charge in [0.15, 0.2) is 6.61 Å². The van der Waals surface area contributed by atoms with E-state index in [1.807, 2.05) is 37.3 Å². The first-order valence-corrected chi connectivity index (χ1v) is 9.68. The summed E-state index contributed by atoms with van der Waals surface area (Å²) in [5.74, 6) is -1.76. The number of fused-ring (bicyclic) bond motifs is 1. The number of carbonyl (C=O) groups is 3. The van der Waals surface area contributed by atoms with Gasteiger partial charge in [-0.1, -0.05) is 30.3 Å². The number of nitrogens with one attached hydrogen (secondary N) is 2. The van der Waals surface area contributed by atoms with Crippen LogP contribution in [0.2, 0.25) is 0 Å². The minimum Gasteiger partial charge on any atom is -0.452 e. The lowest BCUT2D eigenvalue weighted by Crippen LogP contribution is -2.41. The summed E-state index contributed by atoms with van der Waals surface area (Å²) in [6, 6.07) is 11.7. The maximum atomic E-state index is 12.7. The van der Waals surface area contributed by atoms with Gasteiger partial charge in [0.1, 0.15) is 11.2 Å². The van der Waals surface area contributed by atoms with Crippen LogP contribution >= 0.6 is 0 Å².